The maximum Gasteiger partial charge on any atom is 0.251 e. The van der Waals surface area contributed by atoms with Gasteiger partial charge in [-0.15, -0.1) is 0 Å². The molecule has 0 amide bonds. The Hall–Kier alpha value is -1.32. The van der Waals surface area contributed by atoms with Gasteiger partial charge in [-0.05, 0) is 24.6 Å². The zero-order valence-electron chi connectivity index (χ0n) is 9.15. The molecule has 0 fully saturated rings. The summed E-state index contributed by atoms with van der Waals surface area (Å²) in [6.45, 7) is 2.27. The van der Waals surface area contributed by atoms with Crippen LogP contribution in [0.15, 0.2) is 35.3 Å². The Bertz CT molecular complexity index is 608. The normalized spacial score (nSPS) is 10.5. The summed E-state index contributed by atoms with van der Waals surface area (Å²) in [5.74, 6) is 0. The van der Waals surface area contributed by atoms with Crippen molar-refractivity contribution in [2.24, 2.45) is 0 Å². The van der Waals surface area contributed by atoms with Crippen LogP contribution < -0.4 is 5.56 Å². The summed E-state index contributed by atoms with van der Waals surface area (Å²) >= 11 is 11.7. The first-order valence-electron chi connectivity index (χ1n) is 5.04. The molecule has 0 saturated carbocycles. The highest BCUT2D eigenvalue weighted by Gasteiger charge is 2.04. The van der Waals surface area contributed by atoms with Gasteiger partial charge in [0.25, 0.3) is 5.56 Å². The summed E-state index contributed by atoms with van der Waals surface area (Å²) in [6, 6.07) is 6.88. The van der Waals surface area contributed by atoms with E-state index in [1.165, 1.54) is 0 Å². The molecule has 0 spiro atoms. The molecule has 0 bridgehead atoms. The van der Waals surface area contributed by atoms with Crippen molar-refractivity contribution in [3.8, 4) is 0 Å². The van der Waals surface area contributed by atoms with Gasteiger partial charge in [0.2, 0.25) is 0 Å². The van der Waals surface area contributed by atoms with E-state index in [4.69, 9.17) is 23.2 Å². The zero-order valence-corrected chi connectivity index (χ0v) is 10.7. The number of rotatable bonds is 2. The summed E-state index contributed by atoms with van der Waals surface area (Å²) in [6.07, 6.45) is 1.74. The van der Waals surface area contributed by atoms with Gasteiger partial charge < -0.3 is 4.57 Å². The van der Waals surface area contributed by atoms with Crippen LogP contribution >= 0.6 is 23.2 Å². The lowest BCUT2D eigenvalue weighted by Gasteiger charge is -2.07. The standard InChI is InChI=1S/C12H10Cl2N2O/c1-8-4-5-16(11(17)6-8)7-9-2-3-10(13)15-12(9)14/h2-6H,7H2,1H3. The van der Waals surface area contributed by atoms with E-state index in [2.05, 4.69) is 4.98 Å². The van der Waals surface area contributed by atoms with Crippen LogP contribution in [0.1, 0.15) is 11.1 Å². The molecule has 0 aliphatic carbocycles. The van der Waals surface area contributed by atoms with E-state index < -0.39 is 0 Å². The van der Waals surface area contributed by atoms with Gasteiger partial charge in [0.15, 0.2) is 0 Å². The molecule has 2 rings (SSSR count). The van der Waals surface area contributed by atoms with Crippen LogP contribution in [0.2, 0.25) is 10.3 Å². The monoisotopic (exact) mass is 268 g/mol. The van der Waals surface area contributed by atoms with E-state index in [1.54, 1.807) is 29.0 Å². The van der Waals surface area contributed by atoms with Crippen molar-refractivity contribution in [1.82, 2.24) is 9.55 Å². The molecular formula is C12H10Cl2N2O. The minimum Gasteiger partial charge on any atom is -0.311 e. The maximum absolute atomic E-state index is 11.7. The molecule has 0 aromatic carbocycles. The molecule has 0 aliphatic heterocycles. The summed E-state index contributed by atoms with van der Waals surface area (Å²) in [4.78, 5) is 15.6. The summed E-state index contributed by atoms with van der Waals surface area (Å²) in [5, 5.41) is 0.667. The van der Waals surface area contributed by atoms with E-state index in [-0.39, 0.29) is 5.56 Å². The number of pyridine rings is 2. The third-order valence-corrected chi connectivity index (χ3v) is 2.92. The molecule has 3 nitrogen and oxygen atoms in total. The van der Waals surface area contributed by atoms with Crippen molar-refractivity contribution in [1.29, 1.82) is 0 Å². The molecule has 2 heterocycles. The molecular weight excluding hydrogens is 259 g/mol. The van der Waals surface area contributed by atoms with E-state index in [9.17, 15) is 4.79 Å². The molecule has 0 unspecified atom stereocenters. The molecule has 17 heavy (non-hydrogen) atoms. The molecule has 0 saturated heterocycles. The number of hydrogen-bond donors (Lipinski definition) is 0. The Labute approximate surface area is 109 Å². The molecule has 0 radical (unpaired) electrons. The van der Waals surface area contributed by atoms with Gasteiger partial charge in [0, 0.05) is 17.8 Å². The van der Waals surface area contributed by atoms with Crippen molar-refractivity contribution in [2.45, 2.75) is 13.5 Å². The molecule has 5 heteroatoms. The topological polar surface area (TPSA) is 34.9 Å². The Morgan fingerprint density at radius 1 is 1.29 bits per heavy atom. The van der Waals surface area contributed by atoms with Crippen molar-refractivity contribution in [3.63, 3.8) is 0 Å². The highest BCUT2D eigenvalue weighted by atomic mass is 35.5. The van der Waals surface area contributed by atoms with Crippen LogP contribution in [-0.4, -0.2) is 9.55 Å². The van der Waals surface area contributed by atoms with E-state index in [1.807, 2.05) is 13.0 Å². The summed E-state index contributed by atoms with van der Waals surface area (Å²) < 4.78 is 1.57. The smallest absolute Gasteiger partial charge is 0.251 e. The highest BCUT2D eigenvalue weighted by molar-refractivity contribution is 6.32. The van der Waals surface area contributed by atoms with Crippen LogP contribution in [0, 0.1) is 6.92 Å². The first-order chi connectivity index (χ1) is 8.06. The Morgan fingerprint density at radius 3 is 2.71 bits per heavy atom. The number of hydrogen-bond acceptors (Lipinski definition) is 2. The van der Waals surface area contributed by atoms with Gasteiger partial charge in [-0.2, -0.15) is 0 Å². The fourth-order valence-corrected chi connectivity index (χ4v) is 1.88. The fraction of sp³-hybridized carbons (Fsp3) is 0.167. The van der Waals surface area contributed by atoms with Gasteiger partial charge in [-0.1, -0.05) is 29.3 Å². The Kier molecular flexibility index (Phi) is 3.50. The quantitative estimate of drug-likeness (QED) is 0.786. The van der Waals surface area contributed by atoms with Crippen molar-refractivity contribution < 1.29 is 0 Å². The van der Waals surface area contributed by atoms with Crippen LogP contribution in [0.4, 0.5) is 0 Å². The third-order valence-electron chi connectivity index (χ3n) is 2.38. The van der Waals surface area contributed by atoms with Gasteiger partial charge >= 0.3 is 0 Å². The molecule has 0 aliphatic rings. The second-order valence-electron chi connectivity index (χ2n) is 3.75. The molecule has 0 atom stereocenters. The van der Waals surface area contributed by atoms with Crippen molar-refractivity contribution >= 4 is 23.2 Å². The highest BCUT2D eigenvalue weighted by Crippen LogP contribution is 2.17. The largest absolute Gasteiger partial charge is 0.311 e. The van der Waals surface area contributed by atoms with E-state index in [0.717, 1.165) is 11.1 Å². The van der Waals surface area contributed by atoms with E-state index >= 15 is 0 Å². The van der Waals surface area contributed by atoms with Crippen LogP contribution in [0.25, 0.3) is 0 Å². The van der Waals surface area contributed by atoms with Gasteiger partial charge in [-0.25, -0.2) is 4.98 Å². The number of aryl methyl sites for hydroxylation is 1. The molecule has 0 N–H and O–H groups in total. The Morgan fingerprint density at radius 2 is 2.06 bits per heavy atom. The predicted molar refractivity (Wildman–Crippen MR) is 68.8 cm³/mol. The fourth-order valence-electron chi connectivity index (χ4n) is 1.48. The SMILES string of the molecule is Cc1ccn(Cc2ccc(Cl)nc2Cl)c(=O)c1. The van der Waals surface area contributed by atoms with E-state index in [0.29, 0.717) is 16.9 Å². The molecule has 88 valence electrons. The van der Waals surface area contributed by atoms with Gasteiger partial charge in [0.05, 0.1) is 6.54 Å². The summed E-state index contributed by atoms with van der Waals surface area (Å²) in [7, 11) is 0. The average molecular weight is 269 g/mol. The van der Waals surface area contributed by atoms with Crippen LogP contribution in [0.3, 0.4) is 0 Å². The second-order valence-corrected chi connectivity index (χ2v) is 4.50. The minimum atomic E-state index is -0.0592. The zero-order chi connectivity index (χ0) is 12.4. The first kappa shape index (κ1) is 12.1. The van der Waals surface area contributed by atoms with Gasteiger partial charge in [0.1, 0.15) is 10.3 Å². The number of nitrogens with zero attached hydrogens (tertiary/aromatic N) is 2. The van der Waals surface area contributed by atoms with Crippen LogP contribution in [-0.2, 0) is 6.54 Å². The minimum absolute atomic E-state index is 0.0592. The van der Waals surface area contributed by atoms with Crippen molar-refractivity contribution in [3.05, 3.63) is 62.2 Å². The van der Waals surface area contributed by atoms with Gasteiger partial charge in [-0.3, -0.25) is 4.79 Å². The predicted octanol–water partition coefficient (Wildman–Crippen LogP) is 2.91. The van der Waals surface area contributed by atoms with Crippen molar-refractivity contribution in [2.75, 3.05) is 0 Å². The molecule has 2 aromatic rings. The molecule has 2 aromatic heterocycles. The van der Waals surface area contributed by atoms with Crippen LogP contribution in [0.5, 0.6) is 0 Å². The average Bonchev–Trinajstić information content (AvgIpc) is 2.25. The second kappa shape index (κ2) is 4.90. The number of aromatic nitrogens is 2. The lowest BCUT2D eigenvalue weighted by atomic mass is 10.2. The number of halogens is 2. The lowest BCUT2D eigenvalue weighted by Crippen LogP contribution is -2.19. The maximum atomic E-state index is 11.7. The Balaban J connectivity index is 2.35. The first-order valence-corrected chi connectivity index (χ1v) is 5.80. The third kappa shape index (κ3) is 2.87. The lowest BCUT2D eigenvalue weighted by molar-refractivity contribution is 0.754. The summed E-state index contributed by atoms with van der Waals surface area (Å²) in [5.41, 5.74) is 1.64.